The second-order valence-corrected chi connectivity index (χ2v) is 5.90. The molecule has 0 radical (unpaired) electrons. The van der Waals surface area contributed by atoms with Crippen LogP contribution in [0.4, 0.5) is 0 Å². The van der Waals surface area contributed by atoms with Gasteiger partial charge in [-0.25, -0.2) is 0 Å². The summed E-state index contributed by atoms with van der Waals surface area (Å²) < 4.78 is 11.5. The largest absolute Gasteiger partial charge is 0.389 e. The number of benzene rings is 1. The lowest BCUT2D eigenvalue weighted by molar-refractivity contribution is -0.0364. The van der Waals surface area contributed by atoms with E-state index in [0.717, 1.165) is 24.8 Å². The Morgan fingerprint density at radius 1 is 1.35 bits per heavy atom. The molecule has 0 amide bonds. The van der Waals surface area contributed by atoms with Crippen molar-refractivity contribution in [2.45, 2.75) is 51.4 Å². The van der Waals surface area contributed by atoms with E-state index in [1.54, 1.807) is 7.11 Å². The number of ether oxygens (including phenoxy) is 2. The van der Waals surface area contributed by atoms with Gasteiger partial charge in [-0.1, -0.05) is 24.4 Å². The molecule has 1 aliphatic carbocycles. The van der Waals surface area contributed by atoms with E-state index in [1.165, 1.54) is 17.5 Å². The molecular formula is C16H23NO2S. The predicted molar refractivity (Wildman–Crippen MR) is 84.9 cm³/mol. The van der Waals surface area contributed by atoms with Gasteiger partial charge in [0, 0.05) is 12.7 Å². The molecule has 1 saturated carbocycles. The molecule has 1 aromatic rings. The first-order valence-corrected chi connectivity index (χ1v) is 7.54. The average molecular weight is 293 g/mol. The molecule has 0 aromatic heterocycles. The SMILES string of the molecule is COC1CCCC(OCc2ccc(C(N)=S)cc2C)C1. The molecule has 0 spiro atoms. The monoisotopic (exact) mass is 293 g/mol. The van der Waals surface area contributed by atoms with Crippen LogP contribution in [0.3, 0.4) is 0 Å². The third kappa shape index (κ3) is 4.01. The third-order valence-electron chi connectivity index (χ3n) is 4.01. The Labute approximate surface area is 126 Å². The second-order valence-electron chi connectivity index (χ2n) is 5.46. The van der Waals surface area contributed by atoms with Crippen LogP contribution < -0.4 is 5.73 Å². The molecule has 2 N–H and O–H groups in total. The molecule has 20 heavy (non-hydrogen) atoms. The first-order valence-electron chi connectivity index (χ1n) is 7.14. The summed E-state index contributed by atoms with van der Waals surface area (Å²) in [5.41, 5.74) is 8.93. The molecule has 0 aliphatic heterocycles. The van der Waals surface area contributed by atoms with Crippen molar-refractivity contribution in [1.29, 1.82) is 0 Å². The van der Waals surface area contributed by atoms with Crippen LogP contribution in [0.25, 0.3) is 0 Å². The van der Waals surface area contributed by atoms with Gasteiger partial charge in [-0.3, -0.25) is 0 Å². The normalized spacial score (nSPS) is 22.7. The summed E-state index contributed by atoms with van der Waals surface area (Å²) in [4.78, 5) is 0.441. The van der Waals surface area contributed by atoms with Crippen LogP contribution >= 0.6 is 12.2 Å². The first kappa shape index (κ1) is 15.4. The van der Waals surface area contributed by atoms with E-state index in [-0.39, 0.29) is 0 Å². The van der Waals surface area contributed by atoms with E-state index in [2.05, 4.69) is 13.0 Å². The molecule has 1 fully saturated rings. The summed E-state index contributed by atoms with van der Waals surface area (Å²) in [6, 6.07) is 6.05. The minimum Gasteiger partial charge on any atom is -0.389 e. The first-order chi connectivity index (χ1) is 9.60. The standard InChI is InChI=1S/C16H23NO2S/c1-11-8-12(16(17)20)6-7-13(11)10-19-15-5-3-4-14(9-15)18-2/h6-8,14-15H,3-5,9-10H2,1-2H3,(H2,17,20). The van der Waals surface area contributed by atoms with Crippen LogP contribution in [0.5, 0.6) is 0 Å². The Bertz CT molecular complexity index is 476. The zero-order chi connectivity index (χ0) is 14.5. The van der Waals surface area contributed by atoms with Gasteiger partial charge in [-0.2, -0.15) is 0 Å². The van der Waals surface area contributed by atoms with Gasteiger partial charge in [-0.15, -0.1) is 0 Å². The van der Waals surface area contributed by atoms with Crippen LogP contribution in [0.1, 0.15) is 42.4 Å². The topological polar surface area (TPSA) is 44.5 Å². The van der Waals surface area contributed by atoms with Gasteiger partial charge in [0.1, 0.15) is 4.99 Å². The molecule has 4 heteroatoms. The molecule has 3 nitrogen and oxygen atoms in total. The average Bonchev–Trinajstić information content (AvgIpc) is 2.46. The molecule has 0 saturated heterocycles. The van der Waals surface area contributed by atoms with Gasteiger partial charge >= 0.3 is 0 Å². The van der Waals surface area contributed by atoms with Crippen LogP contribution in [-0.2, 0) is 16.1 Å². The number of thiocarbonyl (C=S) groups is 1. The van der Waals surface area contributed by atoms with Gasteiger partial charge in [-0.05, 0) is 49.8 Å². The fourth-order valence-electron chi connectivity index (χ4n) is 2.69. The van der Waals surface area contributed by atoms with Gasteiger partial charge in [0.15, 0.2) is 0 Å². The number of methoxy groups -OCH3 is 1. The van der Waals surface area contributed by atoms with Gasteiger partial charge in [0.25, 0.3) is 0 Å². The molecule has 2 unspecified atom stereocenters. The van der Waals surface area contributed by atoms with Gasteiger partial charge in [0.05, 0.1) is 18.8 Å². The van der Waals surface area contributed by atoms with Crippen molar-refractivity contribution in [3.8, 4) is 0 Å². The lowest BCUT2D eigenvalue weighted by atomic mass is 9.95. The van der Waals surface area contributed by atoms with E-state index in [9.17, 15) is 0 Å². The van der Waals surface area contributed by atoms with E-state index >= 15 is 0 Å². The Hall–Kier alpha value is -0.970. The molecule has 0 heterocycles. The number of aryl methyl sites for hydroxylation is 1. The fraction of sp³-hybridized carbons (Fsp3) is 0.562. The van der Waals surface area contributed by atoms with Gasteiger partial charge in [0.2, 0.25) is 0 Å². The predicted octanol–water partition coefficient (Wildman–Crippen LogP) is 3.10. The van der Waals surface area contributed by atoms with E-state index in [4.69, 9.17) is 27.4 Å². The van der Waals surface area contributed by atoms with Crippen molar-refractivity contribution >= 4 is 17.2 Å². The van der Waals surface area contributed by atoms with Crippen LogP contribution in [-0.4, -0.2) is 24.3 Å². The van der Waals surface area contributed by atoms with E-state index < -0.39 is 0 Å². The highest BCUT2D eigenvalue weighted by Gasteiger charge is 2.22. The smallest absolute Gasteiger partial charge is 0.103 e. The third-order valence-corrected chi connectivity index (χ3v) is 4.25. The van der Waals surface area contributed by atoms with Crippen molar-refractivity contribution in [1.82, 2.24) is 0 Å². The number of hydrogen-bond acceptors (Lipinski definition) is 3. The maximum Gasteiger partial charge on any atom is 0.103 e. The minimum atomic E-state index is 0.309. The number of hydrogen-bond donors (Lipinski definition) is 1. The zero-order valence-electron chi connectivity index (χ0n) is 12.2. The van der Waals surface area contributed by atoms with Crippen molar-refractivity contribution in [2.24, 2.45) is 5.73 Å². The highest BCUT2D eigenvalue weighted by atomic mass is 32.1. The van der Waals surface area contributed by atoms with Crippen LogP contribution in [0.15, 0.2) is 18.2 Å². The zero-order valence-corrected chi connectivity index (χ0v) is 13.0. The summed E-state index contributed by atoms with van der Waals surface area (Å²) >= 11 is 4.99. The number of nitrogens with two attached hydrogens (primary N) is 1. The maximum atomic E-state index is 6.04. The lowest BCUT2D eigenvalue weighted by Crippen LogP contribution is -2.27. The summed E-state index contributed by atoms with van der Waals surface area (Å²) in [5.74, 6) is 0. The number of rotatable bonds is 5. The lowest BCUT2D eigenvalue weighted by Gasteiger charge is -2.28. The molecule has 1 aliphatic rings. The van der Waals surface area contributed by atoms with Crippen LogP contribution in [0, 0.1) is 6.92 Å². The van der Waals surface area contributed by atoms with Crippen molar-refractivity contribution in [3.63, 3.8) is 0 Å². The van der Waals surface area contributed by atoms with E-state index in [0.29, 0.717) is 23.8 Å². The Kier molecular flexibility index (Phi) is 5.52. The highest BCUT2D eigenvalue weighted by Crippen LogP contribution is 2.24. The summed E-state index contributed by atoms with van der Waals surface area (Å²) in [6.07, 6.45) is 5.13. The summed E-state index contributed by atoms with van der Waals surface area (Å²) in [6.45, 7) is 2.71. The minimum absolute atomic E-state index is 0.309. The van der Waals surface area contributed by atoms with Crippen molar-refractivity contribution in [3.05, 3.63) is 34.9 Å². The van der Waals surface area contributed by atoms with Crippen LogP contribution in [0.2, 0.25) is 0 Å². The molecule has 1 aromatic carbocycles. The second kappa shape index (κ2) is 7.16. The summed E-state index contributed by atoms with van der Waals surface area (Å²) in [5, 5.41) is 0. The highest BCUT2D eigenvalue weighted by molar-refractivity contribution is 7.80. The summed E-state index contributed by atoms with van der Waals surface area (Å²) in [7, 11) is 1.78. The van der Waals surface area contributed by atoms with Crippen molar-refractivity contribution < 1.29 is 9.47 Å². The maximum absolute atomic E-state index is 6.04. The molecular weight excluding hydrogens is 270 g/mol. The fourth-order valence-corrected chi connectivity index (χ4v) is 2.81. The molecule has 110 valence electrons. The van der Waals surface area contributed by atoms with Gasteiger partial charge < -0.3 is 15.2 Å². The Morgan fingerprint density at radius 2 is 2.10 bits per heavy atom. The molecule has 2 atom stereocenters. The Balaban J connectivity index is 1.92. The van der Waals surface area contributed by atoms with Crippen molar-refractivity contribution in [2.75, 3.05) is 7.11 Å². The molecule has 0 bridgehead atoms. The quantitative estimate of drug-likeness (QED) is 0.847. The Morgan fingerprint density at radius 3 is 2.75 bits per heavy atom. The molecule has 2 rings (SSSR count). The van der Waals surface area contributed by atoms with E-state index in [1.807, 2.05) is 12.1 Å².